The van der Waals surface area contributed by atoms with Crippen molar-refractivity contribution in [3.05, 3.63) is 53.6 Å². The summed E-state index contributed by atoms with van der Waals surface area (Å²) in [7, 11) is 2.99. The number of carbonyl (C=O) groups is 6. The molecule has 2 aromatic rings. The zero-order valence-electron chi connectivity index (χ0n) is 22.9. The average molecular weight is 610 g/mol. The molecule has 0 spiro atoms. The van der Waals surface area contributed by atoms with Gasteiger partial charge in [-0.1, -0.05) is 29.6 Å². The van der Waals surface area contributed by atoms with Crippen molar-refractivity contribution in [2.45, 2.75) is 32.9 Å². The molecule has 220 valence electrons. The largest absolute Gasteiger partial charge is 0.426 e. The maximum Gasteiger partial charge on any atom is 0.308 e. The van der Waals surface area contributed by atoms with Gasteiger partial charge in [0.2, 0.25) is 28.0 Å². The van der Waals surface area contributed by atoms with Crippen LogP contribution in [0.3, 0.4) is 0 Å². The van der Waals surface area contributed by atoms with Gasteiger partial charge in [-0.05, 0) is 29.8 Å². The van der Waals surface area contributed by atoms with Crippen LogP contribution in [-0.2, 0) is 24.0 Å². The minimum absolute atomic E-state index is 0.00326. The van der Waals surface area contributed by atoms with Gasteiger partial charge in [0.15, 0.2) is 0 Å². The second-order valence-corrected chi connectivity index (χ2v) is 10.9. The van der Waals surface area contributed by atoms with Crippen molar-refractivity contribution in [2.75, 3.05) is 25.6 Å². The van der Waals surface area contributed by atoms with E-state index in [-0.39, 0.29) is 33.9 Å². The quantitative estimate of drug-likeness (QED) is 0.291. The minimum atomic E-state index is -1.16. The molecule has 0 aliphatic carbocycles. The summed E-state index contributed by atoms with van der Waals surface area (Å²) < 4.78 is 32.9. The number of amides is 3. The molecule has 0 aliphatic heterocycles. The number of rotatable bonds is 11. The number of thioether (sulfide) groups is 2. The molecule has 0 saturated carbocycles. The van der Waals surface area contributed by atoms with Crippen LogP contribution in [0.4, 0.5) is 8.78 Å². The highest BCUT2D eigenvalue weighted by Crippen LogP contribution is 2.32. The predicted octanol–water partition coefficient (Wildman–Crippen LogP) is 2.79. The number of hydrogen-bond acceptors (Lipinski definition) is 9. The highest BCUT2D eigenvalue weighted by Gasteiger charge is 2.27. The molecule has 41 heavy (non-hydrogen) atoms. The van der Waals surface area contributed by atoms with E-state index in [1.807, 2.05) is 0 Å². The fraction of sp³-hybridized carbons (Fsp3) is 0.333. The number of nitrogens with one attached hydrogen (secondary N) is 2. The molecule has 2 atom stereocenters. The lowest BCUT2D eigenvalue weighted by atomic mass is 10.0. The number of halogens is 2. The normalized spacial score (nSPS) is 12.1. The monoisotopic (exact) mass is 609 g/mol. The maximum atomic E-state index is 14.4. The van der Waals surface area contributed by atoms with E-state index in [0.29, 0.717) is 29.6 Å². The maximum absolute atomic E-state index is 14.4. The topological polar surface area (TPSA) is 139 Å². The van der Waals surface area contributed by atoms with Gasteiger partial charge in [0, 0.05) is 58.0 Å². The first-order valence-corrected chi connectivity index (χ1v) is 14.0. The van der Waals surface area contributed by atoms with Crippen molar-refractivity contribution < 1.29 is 42.3 Å². The Morgan fingerprint density at radius 3 is 2.02 bits per heavy atom. The molecule has 0 aromatic heterocycles. The molecule has 0 fully saturated rings. The molecule has 3 amide bonds. The fourth-order valence-electron chi connectivity index (χ4n) is 3.47. The third-order valence-electron chi connectivity index (χ3n) is 5.25. The molecule has 0 aliphatic rings. The van der Waals surface area contributed by atoms with Crippen molar-refractivity contribution in [3.63, 3.8) is 0 Å². The van der Waals surface area contributed by atoms with Crippen molar-refractivity contribution in [1.29, 1.82) is 0 Å². The van der Waals surface area contributed by atoms with Gasteiger partial charge in [0.25, 0.3) is 0 Å². The van der Waals surface area contributed by atoms with Crippen LogP contribution in [-0.4, -0.2) is 76.5 Å². The second-order valence-electron chi connectivity index (χ2n) is 8.90. The zero-order chi connectivity index (χ0) is 30.9. The van der Waals surface area contributed by atoms with Gasteiger partial charge in [-0.25, -0.2) is 8.78 Å². The minimum Gasteiger partial charge on any atom is -0.426 e. The standard InChI is InChI=1S/C27H29F2N3O7S2/c1-14(33)30-22(25(36)32(4)5)12-41-27(38)23(31-15(2)34)13-40-26(37)20-10-17(6-9-24(20)39-16(3)35)19-8-7-18(28)11-21(19)29/h6-11,22-23H,12-13H2,1-5H3,(H,30,33)(H,31,34)/t22-,23-/m1/s1. The number of nitrogens with zero attached hydrogens (tertiary/aromatic N) is 1. The summed E-state index contributed by atoms with van der Waals surface area (Å²) in [6.07, 6.45) is 0. The van der Waals surface area contributed by atoms with E-state index in [4.69, 9.17) is 4.74 Å². The molecular formula is C27H29F2N3O7S2. The first kappa shape index (κ1) is 33.4. The Kier molecular flexibility index (Phi) is 12.5. The number of esters is 1. The van der Waals surface area contributed by atoms with E-state index in [0.717, 1.165) is 13.0 Å². The SMILES string of the molecule is CC(=O)N[C@H](CSC(=O)c1cc(-c2ccc(F)cc2F)ccc1OC(C)=O)C(=O)SC[C@@H](NC(C)=O)C(=O)N(C)C. The smallest absolute Gasteiger partial charge is 0.308 e. The number of ether oxygens (including phenoxy) is 1. The van der Waals surface area contributed by atoms with Crippen LogP contribution in [0.15, 0.2) is 36.4 Å². The van der Waals surface area contributed by atoms with E-state index in [1.54, 1.807) is 0 Å². The van der Waals surface area contributed by atoms with E-state index in [9.17, 15) is 37.5 Å². The van der Waals surface area contributed by atoms with Gasteiger partial charge in [0.05, 0.1) is 5.56 Å². The lowest BCUT2D eigenvalue weighted by Gasteiger charge is -2.22. The molecule has 0 heterocycles. The summed E-state index contributed by atoms with van der Waals surface area (Å²) in [6.45, 7) is 3.55. The van der Waals surface area contributed by atoms with Gasteiger partial charge in [-0.3, -0.25) is 28.8 Å². The third-order valence-corrected chi connectivity index (χ3v) is 7.30. The molecular weight excluding hydrogens is 580 g/mol. The first-order valence-electron chi connectivity index (χ1n) is 12.1. The summed E-state index contributed by atoms with van der Waals surface area (Å²) in [5.74, 6) is -4.27. The summed E-state index contributed by atoms with van der Waals surface area (Å²) in [6, 6.07) is 4.76. The fourth-order valence-corrected chi connectivity index (χ4v) is 5.35. The van der Waals surface area contributed by atoms with Crippen LogP contribution in [0.2, 0.25) is 0 Å². The Morgan fingerprint density at radius 2 is 1.46 bits per heavy atom. The van der Waals surface area contributed by atoms with Gasteiger partial charge >= 0.3 is 5.97 Å². The molecule has 0 unspecified atom stereocenters. The molecule has 10 nitrogen and oxygen atoms in total. The van der Waals surface area contributed by atoms with Crippen molar-refractivity contribution in [2.24, 2.45) is 0 Å². The zero-order valence-corrected chi connectivity index (χ0v) is 24.5. The Balaban J connectivity index is 2.26. The predicted molar refractivity (Wildman–Crippen MR) is 151 cm³/mol. The molecule has 0 radical (unpaired) electrons. The van der Waals surface area contributed by atoms with Gasteiger partial charge < -0.3 is 20.3 Å². The van der Waals surface area contributed by atoms with Crippen LogP contribution in [0.5, 0.6) is 5.75 Å². The Morgan fingerprint density at radius 1 is 0.854 bits per heavy atom. The third kappa shape index (κ3) is 10.3. The van der Waals surface area contributed by atoms with E-state index >= 15 is 0 Å². The van der Waals surface area contributed by atoms with Crippen LogP contribution in [0, 0.1) is 11.6 Å². The van der Waals surface area contributed by atoms with E-state index in [2.05, 4.69) is 10.6 Å². The first-order chi connectivity index (χ1) is 19.2. The van der Waals surface area contributed by atoms with Crippen molar-refractivity contribution in [3.8, 4) is 16.9 Å². The van der Waals surface area contributed by atoms with Gasteiger partial charge in [0.1, 0.15) is 29.5 Å². The Labute approximate surface area is 243 Å². The number of benzene rings is 2. The highest BCUT2D eigenvalue weighted by atomic mass is 32.2. The molecule has 2 aromatic carbocycles. The number of hydrogen-bond donors (Lipinski definition) is 2. The lowest BCUT2D eigenvalue weighted by molar-refractivity contribution is -0.133. The summed E-state index contributed by atoms with van der Waals surface area (Å²) in [4.78, 5) is 74.7. The van der Waals surface area contributed by atoms with Crippen LogP contribution in [0.1, 0.15) is 31.1 Å². The highest BCUT2D eigenvalue weighted by molar-refractivity contribution is 8.15. The van der Waals surface area contributed by atoms with E-state index < -0.39 is 57.6 Å². The number of likely N-dealkylation sites (N-methyl/N-ethyl adjacent to an activating group) is 1. The van der Waals surface area contributed by atoms with Crippen molar-refractivity contribution in [1.82, 2.24) is 15.5 Å². The molecule has 14 heteroatoms. The van der Waals surface area contributed by atoms with Crippen molar-refractivity contribution >= 4 is 57.4 Å². The van der Waals surface area contributed by atoms with Crippen LogP contribution < -0.4 is 15.4 Å². The average Bonchev–Trinajstić information content (AvgIpc) is 2.87. The van der Waals surface area contributed by atoms with Gasteiger partial charge in [-0.15, -0.1) is 0 Å². The van der Waals surface area contributed by atoms with Gasteiger partial charge in [-0.2, -0.15) is 0 Å². The Bertz CT molecular complexity index is 1350. The van der Waals surface area contributed by atoms with E-state index in [1.165, 1.54) is 57.1 Å². The molecule has 2 rings (SSSR count). The number of carbonyl (C=O) groups excluding carboxylic acids is 6. The lowest BCUT2D eigenvalue weighted by Crippen LogP contribution is -2.48. The molecule has 2 N–H and O–H groups in total. The second kappa shape index (κ2) is 15.3. The summed E-state index contributed by atoms with van der Waals surface area (Å²) in [5, 5.41) is 3.72. The Hall–Kier alpha value is -3.78. The molecule has 0 bridgehead atoms. The summed E-state index contributed by atoms with van der Waals surface area (Å²) in [5.41, 5.74) is 0.0980. The van der Waals surface area contributed by atoms with Crippen LogP contribution in [0.25, 0.3) is 11.1 Å². The van der Waals surface area contributed by atoms with Crippen LogP contribution >= 0.6 is 23.5 Å². The summed E-state index contributed by atoms with van der Waals surface area (Å²) >= 11 is 1.34. The molecule has 0 saturated heterocycles.